The lowest BCUT2D eigenvalue weighted by molar-refractivity contribution is 0.628. The van der Waals surface area contributed by atoms with Crippen molar-refractivity contribution in [1.82, 2.24) is 15.0 Å². The van der Waals surface area contributed by atoms with Gasteiger partial charge < -0.3 is 10.2 Å². The largest absolute Gasteiger partial charge is 0.341 e. The van der Waals surface area contributed by atoms with Crippen molar-refractivity contribution < 1.29 is 4.39 Å². The van der Waals surface area contributed by atoms with E-state index in [-0.39, 0.29) is 11.8 Å². The summed E-state index contributed by atoms with van der Waals surface area (Å²) in [4.78, 5) is 14.9. The van der Waals surface area contributed by atoms with E-state index in [0.29, 0.717) is 17.6 Å². The Balaban J connectivity index is 1.86. The second-order valence-electron chi connectivity index (χ2n) is 4.75. The van der Waals surface area contributed by atoms with Gasteiger partial charge in [-0.15, -0.1) is 0 Å². The summed E-state index contributed by atoms with van der Waals surface area (Å²) in [5.74, 6) is 6.35. The topological polar surface area (TPSA) is 92.0 Å². The fourth-order valence-electron chi connectivity index (χ4n) is 2.21. The Hall–Kier alpha value is -2.48. The Bertz CT molecular complexity index is 610. The second-order valence-corrected chi connectivity index (χ2v) is 4.75. The number of aromatic nitrogens is 3. The fourth-order valence-corrected chi connectivity index (χ4v) is 2.21. The van der Waals surface area contributed by atoms with E-state index in [9.17, 15) is 4.39 Å². The van der Waals surface area contributed by atoms with Crippen LogP contribution in [0.25, 0.3) is 0 Å². The maximum Gasteiger partial charge on any atom is 0.243 e. The van der Waals surface area contributed by atoms with Gasteiger partial charge in [0, 0.05) is 18.8 Å². The monoisotopic (exact) mass is 289 g/mol. The summed E-state index contributed by atoms with van der Waals surface area (Å²) in [5, 5.41) is 3.02. The zero-order chi connectivity index (χ0) is 14.7. The molecule has 4 N–H and O–H groups in total. The van der Waals surface area contributed by atoms with Gasteiger partial charge in [0.2, 0.25) is 17.8 Å². The van der Waals surface area contributed by atoms with Gasteiger partial charge >= 0.3 is 0 Å². The number of nitrogens with one attached hydrogen (secondary N) is 2. The first-order chi connectivity index (χ1) is 10.2. The molecule has 0 aliphatic carbocycles. The number of nitrogens with zero attached hydrogens (tertiary/aromatic N) is 4. The summed E-state index contributed by atoms with van der Waals surface area (Å²) in [6.45, 7) is 1.84. The minimum absolute atomic E-state index is 0.288. The summed E-state index contributed by atoms with van der Waals surface area (Å²) in [7, 11) is 0. The molecule has 2 heterocycles. The molecule has 0 radical (unpaired) electrons. The number of hydrazine groups is 1. The van der Waals surface area contributed by atoms with E-state index in [1.165, 1.54) is 12.1 Å². The maximum atomic E-state index is 12.9. The highest BCUT2D eigenvalue weighted by Gasteiger charge is 2.17. The summed E-state index contributed by atoms with van der Waals surface area (Å²) in [6, 6.07) is 5.97. The maximum absolute atomic E-state index is 12.9. The van der Waals surface area contributed by atoms with E-state index in [2.05, 4.69) is 30.6 Å². The van der Waals surface area contributed by atoms with Crippen LogP contribution in [-0.4, -0.2) is 28.0 Å². The van der Waals surface area contributed by atoms with Crippen LogP contribution in [0.1, 0.15) is 12.8 Å². The van der Waals surface area contributed by atoms with Crippen molar-refractivity contribution in [3.8, 4) is 0 Å². The highest BCUT2D eigenvalue weighted by molar-refractivity contribution is 5.55. The summed E-state index contributed by atoms with van der Waals surface area (Å²) in [6.07, 6.45) is 2.25. The molecule has 1 fully saturated rings. The number of anilines is 4. The Morgan fingerprint density at radius 3 is 2.33 bits per heavy atom. The van der Waals surface area contributed by atoms with Crippen molar-refractivity contribution >= 4 is 23.5 Å². The predicted molar refractivity (Wildman–Crippen MR) is 78.8 cm³/mol. The van der Waals surface area contributed by atoms with Crippen molar-refractivity contribution in [2.45, 2.75) is 12.8 Å². The second kappa shape index (κ2) is 5.88. The minimum atomic E-state index is -0.293. The quantitative estimate of drug-likeness (QED) is 0.582. The number of hydrogen-bond acceptors (Lipinski definition) is 7. The molecule has 0 unspecified atom stereocenters. The van der Waals surface area contributed by atoms with Crippen LogP contribution >= 0.6 is 0 Å². The lowest BCUT2D eigenvalue weighted by Crippen LogP contribution is -2.23. The fraction of sp³-hybridized carbons (Fsp3) is 0.308. The van der Waals surface area contributed by atoms with Crippen molar-refractivity contribution in [3.63, 3.8) is 0 Å². The number of nitrogen functional groups attached to an aromatic ring is 1. The molecule has 3 rings (SSSR count). The molecule has 1 aromatic carbocycles. The molecule has 21 heavy (non-hydrogen) atoms. The third-order valence-electron chi connectivity index (χ3n) is 3.24. The predicted octanol–water partition coefficient (Wildman–Crippen LogP) is 1.64. The van der Waals surface area contributed by atoms with Gasteiger partial charge in [-0.3, -0.25) is 5.43 Å². The SMILES string of the molecule is NNc1nc(Nc2ccc(F)cc2)nc(N2CCCC2)n1. The Kier molecular flexibility index (Phi) is 3.78. The molecule has 0 amide bonds. The first-order valence-electron chi connectivity index (χ1n) is 6.75. The van der Waals surface area contributed by atoms with Crippen LogP contribution in [0.2, 0.25) is 0 Å². The molecule has 1 aliphatic heterocycles. The van der Waals surface area contributed by atoms with Crippen molar-refractivity contribution in [3.05, 3.63) is 30.1 Å². The Morgan fingerprint density at radius 2 is 1.67 bits per heavy atom. The van der Waals surface area contributed by atoms with Gasteiger partial charge in [0.15, 0.2) is 0 Å². The van der Waals surface area contributed by atoms with E-state index in [1.807, 2.05) is 0 Å². The molecule has 110 valence electrons. The van der Waals surface area contributed by atoms with Gasteiger partial charge in [0.25, 0.3) is 0 Å². The van der Waals surface area contributed by atoms with Crippen LogP contribution in [0.3, 0.4) is 0 Å². The van der Waals surface area contributed by atoms with Gasteiger partial charge in [-0.1, -0.05) is 0 Å². The minimum Gasteiger partial charge on any atom is -0.341 e. The zero-order valence-corrected chi connectivity index (χ0v) is 11.4. The molecule has 0 saturated carbocycles. The van der Waals surface area contributed by atoms with Gasteiger partial charge in [0.1, 0.15) is 5.82 Å². The molecular formula is C13H16FN7. The average Bonchev–Trinajstić information content (AvgIpc) is 3.04. The van der Waals surface area contributed by atoms with Crippen molar-refractivity contribution in [2.75, 3.05) is 28.7 Å². The van der Waals surface area contributed by atoms with E-state index in [1.54, 1.807) is 12.1 Å². The molecule has 2 aromatic rings. The van der Waals surface area contributed by atoms with Gasteiger partial charge in [0.05, 0.1) is 0 Å². The van der Waals surface area contributed by atoms with Gasteiger partial charge in [-0.2, -0.15) is 15.0 Å². The first kappa shape index (κ1) is 13.5. The number of halogens is 1. The van der Waals surface area contributed by atoms with Crippen molar-refractivity contribution in [2.24, 2.45) is 5.84 Å². The molecule has 0 bridgehead atoms. The zero-order valence-electron chi connectivity index (χ0n) is 11.4. The van der Waals surface area contributed by atoms with Crippen LogP contribution < -0.4 is 21.5 Å². The van der Waals surface area contributed by atoms with E-state index in [4.69, 9.17) is 5.84 Å². The Morgan fingerprint density at radius 1 is 1.00 bits per heavy atom. The average molecular weight is 289 g/mol. The lowest BCUT2D eigenvalue weighted by atomic mass is 10.3. The molecule has 0 spiro atoms. The first-order valence-corrected chi connectivity index (χ1v) is 6.75. The Labute approximate surface area is 121 Å². The standard InChI is InChI=1S/C13H16FN7/c14-9-3-5-10(6-4-9)16-11-17-12(20-15)19-13(18-11)21-7-1-2-8-21/h3-6H,1-2,7-8,15H2,(H2,16,17,18,19,20). The van der Waals surface area contributed by atoms with Crippen LogP contribution in [0.4, 0.5) is 27.9 Å². The highest BCUT2D eigenvalue weighted by atomic mass is 19.1. The number of hydrogen-bond donors (Lipinski definition) is 3. The number of rotatable bonds is 4. The number of nitrogens with two attached hydrogens (primary N) is 1. The van der Waals surface area contributed by atoms with Crippen LogP contribution in [0, 0.1) is 5.82 Å². The third-order valence-corrected chi connectivity index (χ3v) is 3.24. The summed E-state index contributed by atoms with van der Waals surface area (Å²) in [5.41, 5.74) is 3.13. The van der Waals surface area contributed by atoms with Crippen LogP contribution in [0.5, 0.6) is 0 Å². The van der Waals surface area contributed by atoms with Crippen molar-refractivity contribution in [1.29, 1.82) is 0 Å². The summed E-state index contributed by atoms with van der Waals surface area (Å²) < 4.78 is 12.9. The molecule has 1 aromatic heterocycles. The molecule has 0 atom stereocenters. The van der Waals surface area contributed by atoms with E-state index in [0.717, 1.165) is 25.9 Å². The van der Waals surface area contributed by atoms with Crippen LogP contribution in [-0.2, 0) is 0 Å². The molecule has 8 heteroatoms. The number of benzene rings is 1. The smallest absolute Gasteiger partial charge is 0.243 e. The molecule has 1 aliphatic rings. The van der Waals surface area contributed by atoms with Crippen LogP contribution in [0.15, 0.2) is 24.3 Å². The normalized spacial score (nSPS) is 14.3. The highest BCUT2D eigenvalue weighted by Crippen LogP contribution is 2.20. The molecule has 7 nitrogen and oxygen atoms in total. The molecular weight excluding hydrogens is 273 g/mol. The van der Waals surface area contributed by atoms with Gasteiger partial charge in [-0.25, -0.2) is 10.2 Å². The summed E-state index contributed by atoms with van der Waals surface area (Å²) >= 11 is 0. The third kappa shape index (κ3) is 3.16. The lowest BCUT2D eigenvalue weighted by Gasteiger charge is -2.16. The van der Waals surface area contributed by atoms with E-state index < -0.39 is 0 Å². The van der Waals surface area contributed by atoms with Gasteiger partial charge in [-0.05, 0) is 37.1 Å². The molecule has 1 saturated heterocycles. The van der Waals surface area contributed by atoms with E-state index >= 15 is 0 Å².